The van der Waals surface area contributed by atoms with Crippen LogP contribution >= 0.6 is 0 Å². The SMILES string of the molecule is CC(C)CC(CO)Nc1cnnc2ccccc12. The van der Waals surface area contributed by atoms with E-state index in [1.165, 1.54) is 0 Å². The molecule has 0 spiro atoms. The zero-order valence-electron chi connectivity index (χ0n) is 10.8. The van der Waals surface area contributed by atoms with Gasteiger partial charge in [-0.3, -0.25) is 0 Å². The van der Waals surface area contributed by atoms with E-state index in [0.717, 1.165) is 23.0 Å². The van der Waals surface area contributed by atoms with E-state index in [2.05, 4.69) is 29.4 Å². The molecular formula is C14H19N3O. The smallest absolute Gasteiger partial charge is 0.0950 e. The number of fused-ring (bicyclic) bond motifs is 1. The van der Waals surface area contributed by atoms with Crippen LogP contribution in [0.5, 0.6) is 0 Å². The van der Waals surface area contributed by atoms with Gasteiger partial charge in [0.15, 0.2) is 0 Å². The summed E-state index contributed by atoms with van der Waals surface area (Å²) in [5.41, 5.74) is 1.80. The maximum Gasteiger partial charge on any atom is 0.0950 e. The van der Waals surface area contributed by atoms with Crippen molar-refractivity contribution in [3.8, 4) is 0 Å². The molecule has 0 bridgehead atoms. The molecule has 0 saturated carbocycles. The van der Waals surface area contributed by atoms with Gasteiger partial charge in [0.05, 0.1) is 24.0 Å². The highest BCUT2D eigenvalue weighted by molar-refractivity contribution is 5.90. The van der Waals surface area contributed by atoms with Gasteiger partial charge in [-0.25, -0.2) is 0 Å². The fraction of sp³-hybridized carbons (Fsp3) is 0.429. The Bertz CT molecular complexity index is 508. The summed E-state index contributed by atoms with van der Waals surface area (Å²) < 4.78 is 0. The molecule has 1 unspecified atom stereocenters. The number of aliphatic hydroxyl groups is 1. The minimum Gasteiger partial charge on any atom is -0.394 e. The van der Waals surface area contributed by atoms with Crippen LogP contribution in [0.4, 0.5) is 5.69 Å². The number of anilines is 1. The monoisotopic (exact) mass is 245 g/mol. The van der Waals surface area contributed by atoms with Crippen molar-refractivity contribution >= 4 is 16.6 Å². The van der Waals surface area contributed by atoms with E-state index in [4.69, 9.17) is 0 Å². The quantitative estimate of drug-likeness (QED) is 0.849. The van der Waals surface area contributed by atoms with Gasteiger partial charge >= 0.3 is 0 Å². The molecule has 0 amide bonds. The van der Waals surface area contributed by atoms with E-state index >= 15 is 0 Å². The molecular weight excluding hydrogens is 226 g/mol. The van der Waals surface area contributed by atoms with Gasteiger partial charge < -0.3 is 10.4 Å². The van der Waals surface area contributed by atoms with E-state index in [0.29, 0.717) is 5.92 Å². The standard InChI is InChI=1S/C14H19N3O/c1-10(2)7-11(9-18)16-14-8-15-17-13-6-4-3-5-12(13)14/h3-6,8,10-11,18H,7,9H2,1-2H3,(H,16,17). The Balaban J connectivity index is 2.25. The van der Waals surface area contributed by atoms with Crippen molar-refractivity contribution < 1.29 is 5.11 Å². The first-order valence-corrected chi connectivity index (χ1v) is 6.28. The fourth-order valence-corrected chi connectivity index (χ4v) is 2.09. The minimum atomic E-state index is 0.0533. The van der Waals surface area contributed by atoms with Crippen LogP contribution in [-0.4, -0.2) is 28.0 Å². The lowest BCUT2D eigenvalue weighted by Crippen LogP contribution is -2.25. The molecule has 4 heteroatoms. The van der Waals surface area contributed by atoms with Gasteiger partial charge in [-0.15, -0.1) is 0 Å². The zero-order chi connectivity index (χ0) is 13.0. The summed E-state index contributed by atoms with van der Waals surface area (Å²) in [4.78, 5) is 0. The van der Waals surface area contributed by atoms with Crippen molar-refractivity contribution in [2.75, 3.05) is 11.9 Å². The predicted molar refractivity (Wildman–Crippen MR) is 73.5 cm³/mol. The second kappa shape index (κ2) is 5.78. The van der Waals surface area contributed by atoms with Gasteiger partial charge in [0.25, 0.3) is 0 Å². The second-order valence-corrected chi connectivity index (χ2v) is 4.93. The lowest BCUT2D eigenvalue weighted by atomic mass is 10.0. The summed E-state index contributed by atoms with van der Waals surface area (Å²) in [5, 5.41) is 21.9. The molecule has 1 heterocycles. The summed E-state index contributed by atoms with van der Waals surface area (Å²) in [6, 6.07) is 7.92. The summed E-state index contributed by atoms with van der Waals surface area (Å²) in [5.74, 6) is 0.538. The summed E-state index contributed by atoms with van der Waals surface area (Å²) in [6.07, 6.45) is 2.64. The van der Waals surface area contributed by atoms with E-state index in [1.807, 2.05) is 24.3 Å². The van der Waals surface area contributed by atoms with Crippen LogP contribution in [-0.2, 0) is 0 Å². The third kappa shape index (κ3) is 2.96. The third-order valence-corrected chi connectivity index (χ3v) is 2.88. The number of nitrogens with zero attached hydrogens (tertiary/aromatic N) is 2. The Hall–Kier alpha value is -1.68. The average molecular weight is 245 g/mol. The third-order valence-electron chi connectivity index (χ3n) is 2.88. The van der Waals surface area contributed by atoms with Crippen LogP contribution in [0.1, 0.15) is 20.3 Å². The van der Waals surface area contributed by atoms with Crippen LogP contribution in [0.25, 0.3) is 10.9 Å². The molecule has 2 N–H and O–H groups in total. The summed E-state index contributed by atoms with van der Waals surface area (Å²) in [7, 11) is 0. The highest BCUT2D eigenvalue weighted by Crippen LogP contribution is 2.21. The number of benzene rings is 1. The Labute approximate surface area is 107 Å². The van der Waals surface area contributed by atoms with E-state index in [-0.39, 0.29) is 12.6 Å². The first-order chi connectivity index (χ1) is 8.70. The topological polar surface area (TPSA) is 58.0 Å². The lowest BCUT2D eigenvalue weighted by Gasteiger charge is -2.20. The van der Waals surface area contributed by atoms with Crippen molar-refractivity contribution in [3.63, 3.8) is 0 Å². The Morgan fingerprint density at radius 1 is 1.28 bits per heavy atom. The predicted octanol–water partition coefficient (Wildman–Crippen LogP) is 2.45. The lowest BCUT2D eigenvalue weighted by molar-refractivity contribution is 0.259. The molecule has 1 atom stereocenters. The van der Waals surface area contributed by atoms with Gasteiger partial charge in [0, 0.05) is 11.4 Å². The largest absolute Gasteiger partial charge is 0.394 e. The van der Waals surface area contributed by atoms with Crippen molar-refractivity contribution in [1.82, 2.24) is 10.2 Å². The van der Waals surface area contributed by atoms with Gasteiger partial charge in [-0.1, -0.05) is 32.0 Å². The maximum atomic E-state index is 9.41. The first kappa shape index (κ1) is 12.8. The van der Waals surface area contributed by atoms with Crippen molar-refractivity contribution in [2.24, 2.45) is 5.92 Å². The molecule has 18 heavy (non-hydrogen) atoms. The summed E-state index contributed by atoms with van der Waals surface area (Å²) >= 11 is 0. The van der Waals surface area contributed by atoms with E-state index in [1.54, 1.807) is 6.20 Å². The number of hydrogen-bond donors (Lipinski definition) is 2. The van der Waals surface area contributed by atoms with Gasteiger partial charge in [-0.05, 0) is 18.4 Å². The minimum absolute atomic E-state index is 0.0533. The number of aromatic nitrogens is 2. The molecule has 2 aromatic rings. The van der Waals surface area contributed by atoms with Gasteiger partial charge in [0.1, 0.15) is 0 Å². The molecule has 0 saturated heterocycles. The van der Waals surface area contributed by atoms with Crippen LogP contribution in [0.3, 0.4) is 0 Å². The number of aliphatic hydroxyl groups excluding tert-OH is 1. The average Bonchev–Trinajstić information content (AvgIpc) is 2.38. The molecule has 0 aliphatic rings. The fourth-order valence-electron chi connectivity index (χ4n) is 2.09. The Morgan fingerprint density at radius 2 is 2.06 bits per heavy atom. The summed E-state index contributed by atoms with van der Waals surface area (Å²) in [6.45, 7) is 4.41. The van der Waals surface area contributed by atoms with Gasteiger partial charge in [-0.2, -0.15) is 10.2 Å². The molecule has 0 fully saturated rings. The Kier molecular flexibility index (Phi) is 4.10. The highest BCUT2D eigenvalue weighted by Gasteiger charge is 2.11. The first-order valence-electron chi connectivity index (χ1n) is 6.28. The molecule has 1 aromatic heterocycles. The number of hydrogen-bond acceptors (Lipinski definition) is 4. The molecule has 96 valence electrons. The molecule has 0 aliphatic carbocycles. The highest BCUT2D eigenvalue weighted by atomic mass is 16.3. The van der Waals surface area contributed by atoms with Crippen LogP contribution < -0.4 is 5.32 Å². The van der Waals surface area contributed by atoms with Crippen molar-refractivity contribution in [1.29, 1.82) is 0 Å². The molecule has 1 aromatic carbocycles. The van der Waals surface area contributed by atoms with Crippen LogP contribution in [0, 0.1) is 5.92 Å². The van der Waals surface area contributed by atoms with Crippen molar-refractivity contribution in [2.45, 2.75) is 26.3 Å². The van der Waals surface area contributed by atoms with Crippen LogP contribution in [0.2, 0.25) is 0 Å². The van der Waals surface area contributed by atoms with E-state index < -0.39 is 0 Å². The van der Waals surface area contributed by atoms with Crippen molar-refractivity contribution in [3.05, 3.63) is 30.5 Å². The van der Waals surface area contributed by atoms with E-state index in [9.17, 15) is 5.11 Å². The molecule has 0 aliphatic heterocycles. The Morgan fingerprint density at radius 3 is 2.78 bits per heavy atom. The van der Waals surface area contributed by atoms with Gasteiger partial charge in [0.2, 0.25) is 0 Å². The normalized spacial score (nSPS) is 12.9. The second-order valence-electron chi connectivity index (χ2n) is 4.93. The number of nitrogens with one attached hydrogen (secondary N) is 1. The molecule has 4 nitrogen and oxygen atoms in total. The number of rotatable bonds is 5. The molecule has 0 radical (unpaired) electrons. The van der Waals surface area contributed by atoms with Crippen LogP contribution in [0.15, 0.2) is 30.5 Å². The maximum absolute atomic E-state index is 9.41. The zero-order valence-corrected chi connectivity index (χ0v) is 10.8. The molecule has 2 rings (SSSR count).